The maximum Gasteiger partial charge on any atom is 0.270 e. The molecule has 1 fully saturated rings. The van der Waals surface area contributed by atoms with Crippen molar-refractivity contribution in [2.45, 2.75) is 67.4 Å². The van der Waals surface area contributed by atoms with Crippen LogP contribution in [0.15, 0.2) is 34.1 Å². The Morgan fingerprint density at radius 3 is 1.78 bits per heavy atom. The molecule has 0 aromatic heterocycles. The van der Waals surface area contributed by atoms with Gasteiger partial charge in [-0.15, -0.1) is 3.62 Å². The highest BCUT2D eigenvalue weighted by atomic mass is 32.3. The van der Waals surface area contributed by atoms with Gasteiger partial charge in [-0.1, -0.05) is 58.1 Å². The molecule has 0 spiro atoms. The number of benzene rings is 1. The maximum atomic E-state index is 13.0. The first-order valence-corrected chi connectivity index (χ1v) is 11.1. The Hall–Kier alpha value is -0.855. The number of hydrogen-bond acceptors (Lipinski definition) is 4. The van der Waals surface area contributed by atoms with Crippen LogP contribution in [0.5, 0.6) is 0 Å². The third-order valence-corrected chi connectivity index (χ3v) is 9.85. The van der Waals surface area contributed by atoms with Gasteiger partial charge in [0.05, 0.1) is 0 Å². The molecule has 0 bridgehead atoms. The summed E-state index contributed by atoms with van der Waals surface area (Å²) in [6.07, 6.45) is 4.39. The molecule has 126 valence electrons. The molecule has 0 amide bonds. The average Bonchev–Trinajstić information content (AvgIpc) is 2.70. The average molecular weight is 355 g/mol. The predicted molar refractivity (Wildman–Crippen MR) is 90.3 cm³/mol. The molecule has 1 saturated heterocycles. The van der Waals surface area contributed by atoms with E-state index in [1.165, 1.54) is 12.1 Å². The first kappa shape index (κ1) is 17.0. The standard InChI is InChI=1S/C15H22BNO4S2/c1-3-12-8-7-9-13(4-2)16(12)17-22(18,19)14-10-5-6-11-15(14)23(17,20)21/h5-6,10-13H,3-4,7-9H2,1-2H3. The van der Waals surface area contributed by atoms with Crippen LogP contribution in [-0.4, -0.2) is 27.3 Å². The van der Waals surface area contributed by atoms with E-state index in [1.54, 1.807) is 12.1 Å². The fraction of sp³-hybridized carbons (Fsp3) is 0.600. The van der Waals surface area contributed by atoms with Crippen LogP contribution in [0.1, 0.15) is 46.0 Å². The van der Waals surface area contributed by atoms with Crippen LogP contribution in [0.4, 0.5) is 0 Å². The number of nitrogens with zero attached hydrogens (tertiary/aromatic N) is 1. The lowest BCUT2D eigenvalue weighted by Crippen LogP contribution is -2.50. The van der Waals surface area contributed by atoms with Crippen LogP contribution in [0.3, 0.4) is 0 Å². The SMILES string of the molecule is CCC1CCCC(CC)B1N1S(=O)(=O)c2ccccc2S1(=O)=O. The Morgan fingerprint density at radius 1 is 0.957 bits per heavy atom. The van der Waals surface area contributed by atoms with Gasteiger partial charge in [-0.2, -0.15) is 0 Å². The molecule has 2 aliphatic rings. The topological polar surface area (TPSA) is 71.5 Å². The Bertz CT molecular complexity index is 742. The molecule has 2 unspecified atom stereocenters. The van der Waals surface area contributed by atoms with E-state index >= 15 is 0 Å². The van der Waals surface area contributed by atoms with E-state index in [0.717, 1.165) is 35.7 Å². The smallest absolute Gasteiger partial charge is 0.207 e. The first-order chi connectivity index (χ1) is 10.9. The Balaban J connectivity index is 2.19. The van der Waals surface area contributed by atoms with Crippen molar-refractivity contribution in [3.63, 3.8) is 0 Å². The highest BCUT2D eigenvalue weighted by molar-refractivity contribution is 8.08. The van der Waals surface area contributed by atoms with E-state index in [-0.39, 0.29) is 21.4 Å². The molecule has 0 saturated carbocycles. The lowest BCUT2D eigenvalue weighted by Gasteiger charge is -2.38. The monoisotopic (exact) mass is 355 g/mol. The highest BCUT2D eigenvalue weighted by Crippen LogP contribution is 2.48. The van der Waals surface area contributed by atoms with E-state index in [0.29, 0.717) is 0 Å². The van der Waals surface area contributed by atoms with Crippen molar-refractivity contribution in [1.82, 2.24) is 3.62 Å². The van der Waals surface area contributed by atoms with E-state index in [2.05, 4.69) is 0 Å². The summed E-state index contributed by atoms with van der Waals surface area (Å²) in [5.74, 6) is 0.181. The van der Waals surface area contributed by atoms with E-state index in [4.69, 9.17) is 0 Å². The molecule has 1 aromatic rings. The van der Waals surface area contributed by atoms with Crippen LogP contribution in [0, 0.1) is 0 Å². The summed E-state index contributed by atoms with van der Waals surface area (Å²) in [7, 11) is -7.99. The van der Waals surface area contributed by atoms with Crippen molar-refractivity contribution >= 4 is 26.9 Å². The van der Waals surface area contributed by atoms with Crippen molar-refractivity contribution in [3.05, 3.63) is 24.3 Å². The molecule has 3 rings (SSSR count). The molecule has 1 aromatic carbocycles. The molecule has 0 N–H and O–H groups in total. The lowest BCUT2D eigenvalue weighted by molar-refractivity contribution is 0.500. The van der Waals surface area contributed by atoms with Gasteiger partial charge in [0.2, 0.25) is 20.0 Å². The number of rotatable bonds is 3. The zero-order valence-electron chi connectivity index (χ0n) is 13.5. The van der Waals surface area contributed by atoms with Crippen molar-refractivity contribution in [2.24, 2.45) is 0 Å². The van der Waals surface area contributed by atoms with Crippen molar-refractivity contribution in [2.75, 3.05) is 0 Å². The zero-order chi connectivity index (χ0) is 16.8. The summed E-state index contributed by atoms with van der Waals surface area (Å²) < 4.78 is 52.7. The summed E-state index contributed by atoms with van der Waals surface area (Å²) in [4.78, 5) is -0.148. The van der Waals surface area contributed by atoms with Crippen LogP contribution < -0.4 is 0 Å². The van der Waals surface area contributed by atoms with Gasteiger partial charge >= 0.3 is 0 Å². The van der Waals surface area contributed by atoms with Crippen LogP contribution in [0.2, 0.25) is 11.6 Å². The normalized spacial score (nSPS) is 29.4. The summed E-state index contributed by atoms with van der Waals surface area (Å²) in [6, 6.07) is 5.94. The third kappa shape index (κ3) is 2.46. The molecular formula is C15H22BNO4S2. The molecule has 2 atom stereocenters. The van der Waals surface area contributed by atoms with Gasteiger partial charge in [0.15, 0.2) is 0 Å². The van der Waals surface area contributed by atoms with Crippen LogP contribution in [0.25, 0.3) is 0 Å². The predicted octanol–water partition coefficient (Wildman–Crippen LogP) is 3.12. The minimum absolute atomic E-state index is 0.0738. The van der Waals surface area contributed by atoms with Gasteiger partial charge in [0.25, 0.3) is 6.85 Å². The molecule has 2 aliphatic heterocycles. The van der Waals surface area contributed by atoms with Gasteiger partial charge < -0.3 is 0 Å². The van der Waals surface area contributed by atoms with E-state index in [9.17, 15) is 16.8 Å². The fourth-order valence-electron chi connectivity index (χ4n) is 4.12. The largest absolute Gasteiger partial charge is 0.270 e. The minimum atomic E-state index is -3.99. The second-order valence-corrected chi connectivity index (χ2v) is 10.2. The maximum absolute atomic E-state index is 13.0. The molecule has 5 nitrogen and oxygen atoms in total. The van der Waals surface area contributed by atoms with Gasteiger partial charge in [-0.05, 0) is 23.8 Å². The van der Waals surface area contributed by atoms with Gasteiger partial charge in [-0.3, -0.25) is 0 Å². The summed E-state index contributed by atoms with van der Waals surface area (Å²) in [6.45, 7) is 3.57. The number of fused-ring (bicyclic) bond motifs is 1. The van der Waals surface area contributed by atoms with Crippen molar-refractivity contribution < 1.29 is 16.8 Å². The second-order valence-electron chi connectivity index (χ2n) is 6.44. The van der Waals surface area contributed by atoms with Crippen LogP contribution >= 0.6 is 0 Å². The van der Waals surface area contributed by atoms with Gasteiger partial charge in [-0.25, -0.2) is 16.8 Å². The summed E-state index contributed by atoms with van der Waals surface area (Å²) >= 11 is 0. The van der Waals surface area contributed by atoms with Gasteiger partial charge in [0.1, 0.15) is 9.79 Å². The molecular weight excluding hydrogens is 333 g/mol. The molecule has 2 heterocycles. The molecule has 0 radical (unpaired) electrons. The van der Waals surface area contributed by atoms with Crippen molar-refractivity contribution in [1.29, 1.82) is 0 Å². The summed E-state index contributed by atoms with van der Waals surface area (Å²) in [5, 5.41) is 0. The van der Waals surface area contributed by atoms with Crippen LogP contribution in [-0.2, 0) is 20.0 Å². The molecule has 8 heteroatoms. The molecule has 23 heavy (non-hydrogen) atoms. The number of sulfonamides is 2. The zero-order valence-corrected chi connectivity index (χ0v) is 15.1. The second kappa shape index (κ2) is 5.90. The minimum Gasteiger partial charge on any atom is -0.207 e. The fourth-order valence-corrected chi connectivity index (χ4v) is 9.13. The Morgan fingerprint density at radius 2 is 1.39 bits per heavy atom. The quantitative estimate of drug-likeness (QED) is 0.781. The Kier molecular flexibility index (Phi) is 4.35. The highest BCUT2D eigenvalue weighted by Gasteiger charge is 2.56. The molecule has 0 aliphatic carbocycles. The van der Waals surface area contributed by atoms with E-state index < -0.39 is 26.9 Å². The van der Waals surface area contributed by atoms with Crippen molar-refractivity contribution in [3.8, 4) is 0 Å². The number of hydrogen-bond donors (Lipinski definition) is 0. The Labute approximate surface area is 139 Å². The van der Waals surface area contributed by atoms with E-state index in [1.807, 2.05) is 13.8 Å². The lowest BCUT2D eigenvalue weighted by atomic mass is 9.38. The summed E-state index contributed by atoms with van der Waals surface area (Å²) in [5.41, 5.74) is 0. The van der Waals surface area contributed by atoms with Gasteiger partial charge in [0, 0.05) is 0 Å². The first-order valence-electron chi connectivity index (χ1n) is 8.24. The third-order valence-electron chi connectivity index (χ3n) is 5.29.